The third-order valence-electron chi connectivity index (χ3n) is 4.95. The molecule has 0 bridgehead atoms. The lowest BCUT2D eigenvalue weighted by Gasteiger charge is -2.09. The number of hydrogen-bond donors (Lipinski definition) is 0. The van der Waals surface area contributed by atoms with Gasteiger partial charge in [0.1, 0.15) is 18.1 Å². The SMILES string of the molecule is Cc1nn(C)c(Oc2ccccc2Br)c1/C=N/OCc1ccc(Oc2ccc(C(F)(F)F)cn2)cc1. The van der Waals surface area contributed by atoms with Crippen LogP contribution in [-0.4, -0.2) is 21.0 Å². The molecule has 0 N–H and O–H groups in total. The number of pyridine rings is 1. The van der Waals surface area contributed by atoms with Crippen molar-refractivity contribution in [2.24, 2.45) is 12.2 Å². The highest BCUT2D eigenvalue weighted by molar-refractivity contribution is 9.10. The first-order valence-corrected chi connectivity index (χ1v) is 11.4. The van der Waals surface area contributed by atoms with E-state index in [-0.39, 0.29) is 12.5 Å². The first kappa shape index (κ1) is 25.2. The molecule has 7 nitrogen and oxygen atoms in total. The van der Waals surface area contributed by atoms with E-state index in [0.29, 0.717) is 22.9 Å². The molecule has 0 fully saturated rings. The second-order valence-corrected chi connectivity index (χ2v) is 8.45. The van der Waals surface area contributed by atoms with E-state index in [4.69, 9.17) is 14.3 Å². The average Bonchev–Trinajstić information content (AvgIpc) is 3.11. The second-order valence-electron chi connectivity index (χ2n) is 7.60. The highest BCUT2D eigenvalue weighted by Crippen LogP contribution is 2.32. The molecular weight excluding hydrogens is 541 g/mol. The number of alkyl halides is 3. The molecule has 2 aromatic carbocycles. The van der Waals surface area contributed by atoms with Crippen LogP contribution in [-0.2, 0) is 24.7 Å². The predicted octanol–water partition coefficient (Wildman–Crippen LogP) is 7.04. The first-order chi connectivity index (χ1) is 17.2. The van der Waals surface area contributed by atoms with Gasteiger partial charge in [0, 0.05) is 19.3 Å². The number of nitrogens with zero attached hydrogens (tertiary/aromatic N) is 4. The zero-order chi connectivity index (χ0) is 25.7. The lowest BCUT2D eigenvalue weighted by molar-refractivity contribution is -0.137. The largest absolute Gasteiger partial charge is 0.439 e. The number of aryl methyl sites for hydroxylation is 2. The van der Waals surface area contributed by atoms with Gasteiger partial charge in [0.15, 0.2) is 0 Å². The summed E-state index contributed by atoms with van der Waals surface area (Å²) in [4.78, 5) is 9.12. The Morgan fingerprint density at radius 3 is 2.44 bits per heavy atom. The summed E-state index contributed by atoms with van der Waals surface area (Å²) in [6.45, 7) is 2.04. The van der Waals surface area contributed by atoms with E-state index in [2.05, 4.69) is 31.2 Å². The van der Waals surface area contributed by atoms with Gasteiger partial charge in [-0.1, -0.05) is 29.4 Å². The van der Waals surface area contributed by atoms with Crippen LogP contribution < -0.4 is 9.47 Å². The van der Waals surface area contributed by atoms with E-state index in [1.165, 1.54) is 6.07 Å². The molecule has 36 heavy (non-hydrogen) atoms. The number of para-hydroxylation sites is 1. The third-order valence-corrected chi connectivity index (χ3v) is 5.61. The van der Waals surface area contributed by atoms with E-state index in [9.17, 15) is 13.2 Å². The minimum absolute atomic E-state index is 0.0593. The number of rotatable bonds is 8. The Kier molecular flexibility index (Phi) is 7.58. The predicted molar refractivity (Wildman–Crippen MR) is 130 cm³/mol. The van der Waals surface area contributed by atoms with Crippen molar-refractivity contribution < 1.29 is 27.5 Å². The molecule has 0 unspecified atom stereocenters. The molecule has 4 aromatic rings. The van der Waals surface area contributed by atoms with Crippen LogP contribution in [0.3, 0.4) is 0 Å². The van der Waals surface area contributed by atoms with Crippen LogP contribution in [0.25, 0.3) is 0 Å². The fourth-order valence-electron chi connectivity index (χ4n) is 3.14. The lowest BCUT2D eigenvalue weighted by Crippen LogP contribution is -2.05. The molecule has 186 valence electrons. The van der Waals surface area contributed by atoms with Crippen molar-refractivity contribution in [3.05, 3.63) is 93.7 Å². The molecule has 0 amide bonds. The Labute approximate surface area is 213 Å². The monoisotopic (exact) mass is 560 g/mol. The molecule has 2 heterocycles. The van der Waals surface area contributed by atoms with Crippen LogP contribution in [0, 0.1) is 6.92 Å². The zero-order valence-corrected chi connectivity index (χ0v) is 20.7. The first-order valence-electron chi connectivity index (χ1n) is 10.6. The molecule has 0 aliphatic heterocycles. The number of halogens is 4. The van der Waals surface area contributed by atoms with E-state index in [1.54, 1.807) is 42.2 Å². The summed E-state index contributed by atoms with van der Waals surface area (Å²) in [7, 11) is 1.78. The number of benzene rings is 2. The molecule has 4 rings (SSSR count). The summed E-state index contributed by atoms with van der Waals surface area (Å²) in [6, 6.07) is 16.4. The molecule has 2 aromatic heterocycles. The topological polar surface area (TPSA) is 70.8 Å². The van der Waals surface area contributed by atoms with Crippen LogP contribution in [0.5, 0.6) is 23.3 Å². The molecule has 11 heteroatoms. The number of aromatic nitrogens is 3. The summed E-state index contributed by atoms with van der Waals surface area (Å²) in [5.41, 5.74) is 1.38. The van der Waals surface area contributed by atoms with Crippen molar-refractivity contribution in [3.63, 3.8) is 0 Å². The minimum Gasteiger partial charge on any atom is -0.439 e. The van der Waals surface area contributed by atoms with Gasteiger partial charge < -0.3 is 14.3 Å². The Morgan fingerprint density at radius 1 is 1.03 bits per heavy atom. The van der Waals surface area contributed by atoms with Gasteiger partial charge >= 0.3 is 6.18 Å². The normalized spacial score (nSPS) is 11.6. The number of oxime groups is 1. The van der Waals surface area contributed by atoms with E-state index in [0.717, 1.165) is 28.0 Å². The van der Waals surface area contributed by atoms with E-state index < -0.39 is 11.7 Å². The van der Waals surface area contributed by atoms with Crippen LogP contribution >= 0.6 is 15.9 Å². The Hall–Kier alpha value is -3.86. The van der Waals surface area contributed by atoms with Gasteiger partial charge in [-0.2, -0.15) is 18.3 Å². The summed E-state index contributed by atoms with van der Waals surface area (Å²) in [6.07, 6.45) is -2.17. The highest BCUT2D eigenvalue weighted by Gasteiger charge is 2.30. The lowest BCUT2D eigenvalue weighted by atomic mass is 10.2. The van der Waals surface area contributed by atoms with E-state index >= 15 is 0 Å². The van der Waals surface area contributed by atoms with Gasteiger partial charge in [-0.05, 0) is 58.7 Å². The minimum atomic E-state index is -4.45. The number of ether oxygens (including phenoxy) is 2. The molecule has 0 saturated carbocycles. The zero-order valence-electron chi connectivity index (χ0n) is 19.2. The summed E-state index contributed by atoms with van der Waals surface area (Å²) >= 11 is 3.47. The molecule has 0 atom stereocenters. The van der Waals surface area contributed by atoms with Gasteiger partial charge in [-0.3, -0.25) is 0 Å². The molecule has 0 spiro atoms. The summed E-state index contributed by atoms with van der Waals surface area (Å²) in [5, 5.41) is 8.44. The van der Waals surface area contributed by atoms with Crippen molar-refractivity contribution in [3.8, 4) is 23.3 Å². The standard InChI is InChI=1S/C25H20BrF3N4O3/c1-16-20(24(33(2)32-16)36-22-6-4-3-5-21(22)26)14-31-34-15-17-7-10-19(11-8-17)35-23-12-9-18(13-30-23)25(27,28)29/h3-14H,15H2,1-2H3/b31-14+. The smallest absolute Gasteiger partial charge is 0.417 e. The van der Waals surface area contributed by atoms with Crippen LogP contribution in [0.2, 0.25) is 0 Å². The highest BCUT2D eigenvalue weighted by atomic mass is 79.9. The molecule has 0 aliphatic carbocycles. The van der Waals surface area contributed by atoms with Gasteiger partial charge in [0.05, 0.1) is 27.5 Å². The van der Waals surface area contributed by atoms with Crippen LogP contribution in [0.15, 0.2) is 76.5 Å². The maximum atomic E-state index is 12.6. The van der Waals surface area contributed by atoms with E-state index in [1.807, 2.05) is 31.2 Å². The molecular formula is C25H20BrF3N4O3. The Balaban J connectivity index is 1.35. The average molecular weight is 561 g/mol. The van der Waals surface area contributed by atoms with Crippen molar-refractivity contribution in [1.82, 2.24) is 14.8 Å². The third kappa shape index (κ3) is 6.22. The summed E-state index contributed by atoms with van der Waals surface area (Å²) in [5.74, 6) is 1.65. The molecule has 0 saturated heterocycles. The Bertz CT molecular complexity index is 1350. The molecule has 0 aliphatic rings. The fourth-order valence-corrected chi connectivity index (χ4v) is 3.50. The maximum absolute atomic E-state index is 12.6. The van der Waals surface area contributed by atoms with Crippen LogP contribution in [0.4, 0.5) is 13.2 Å². The number of hydrogen-bond acceptors (Lipinski definition) is 6. The maximum Gasteiger partial charge on any atom is 0.417 e. The summed E-state index contributed by atoms with van der Waals surface area (Å²) < 4.78 is 51.9. The van der Waals surface area contributed by atoms with Crippen molar-refractivity contribution in [2.75, 3.05) is 0 Å². The van der Waals surface area contributed by atoms with Gasteiger partial charge in [-0.25, -0.2) is 9.67 Å². The van der Waals surface area contributed by atoms with Gasteiger partial charge in [-0.15, -0.1) is 0 Å². The quantitative estimate of drug-likeness (QED) is 0.171. The second kappa shape index (κ2) is 10.8. The van der Waals surface area contributed by atoms with Crippen molar-refractivity contribution in [2.45, 2.75) is 19.7 Å². The van der Waals surface area contributed by atoms with Crippen molar-refractivity contribution >= 4 is 22.1 Å². The van der Waals surface area contributed by atoms with Gasteiger partial charge in [0.2, 0.25) is 11.8 Å². The van der Waals surface area contributed by atoms with Crippen molar-refractivity contribution in [1.29, 1.82) is 0 Å². The Morgan fingerprint density at radius 2 is 1.78 bits per heavy atom. The van der Waals surface area contributed by atoms with Gasteiger partial charge in [0.25, 0.3) is 0 Å². The fraction of sp³-hybridized carbons (Fsp3) is 0.160. The molecule has 0 radical (unpaired) electrons. The van der Waals surface area contributed by atoms with Crippen LogP contribution in [0.1, 0.15) is 22.4 Å².